The Morgan fingerprint density at radius 1 is 1.03 bits per heavy atom. The van der Waals surface area contributed by atoms with E-state index in [0.717, 1.165) is 30.6 Å². The molecule has 9 nitrogen and oxygen atoms in total. The maximum absolute atomic E-state index is 12.2. The van der Waals surface area contributed by atoms with Crippen LogP contribution in [0.3, 0.4) is 0 Å². The number of benzene rings is 2. The van der Waals surface area contributed by atoms with Gasteiger partial charge in [0, 0.05) is 49.6 Å². The van der Waals surface area contributed by atoms with Crippen LogP contribution in [0.4, 0.5) is 0 Å². The van der Waals surface area contributed by atoms with Crippen molar-refractivity contribution in [2.45, 2.75) is 57.8 Å². The standard InChI is InChI=1S/C29H34N6O3/c30-26(15-16-28(36)38-22-23-9-2-1-3-10-23)29(37)31-17-8-20-35-21-25(32-33-35)13-7-19-34-18-6-12-24-11-4-5-14-27(24)34/h1-6,9-12,14,18,21,26H,7-8,13,15-17,19-20,22,30H2/p+1. The van der Waals surface area contributed by atoms with Crippen molar-refractivity contribution in [3.63, 3.8) is 0 Å². The predicted molar refractivity (Wildman–Crippen MR) is 144 cm³/mol. The average molecular weight is 516 g/mol. The number of rotatable bonds is 14. The van der Waals surface area contributed by atoms with Gasteiger partial charge in [-0.3, -0.25) is 14.3 Å². The highest BCUT2D eigenvalue weighted by Gasteiger charge is 2.15. The Bertz CT molecular complexity index is 1320. The van der Waals surface area contributed by atoms with E-state index in [1.807, 2.05) is 36.5 Å². The van der Waals surface area contributed by atoms with Gasteiger partial charge in [-0.15, -0.1) is 5.10 Å². The van der Waals surface area contributed by atoms with Crippen molar-refractivity contribution in [1.82, 2.24) is 20.3 Å². The topological polar surface area (TPSA) is 116 Å². The van der Waals surface area contributed by atoms with E-state index >= 15 is 0 Å². The summed E-state index contributed by atoms with van der Waals surface area (Å²) in [6, 6.07) is 21.3. The van der Waals surface area contributed by atoms with Crippen molar-refractivity contribution >= 4 is 22.8 Å². The van der Waals surface area contributed by atoms with E-state index in [2.05, 4.69) is 62.8 Å². The zero-order chi connectivity index (χ0) is 26.6. The van der Waals surface area contributed by atoms with Gasteiger partial charge in [0.05, 0.1) is 11.7 Å². The SMILES string of the molecule is NC(CCC(=O)OCc1ccccc1)C(=O)NCCCn1cc(CCC[n+]2cccc3ccccc32)nn1. The maximum atomic E-state index is 12.2. The first-order valence-corrected chi connectivity index (χ1v) is 13.1. The summed E-state index contributed by atoms with van der Waals surface area (Å²) in [4.78, 5) is 24.2. The minimum Gasteiger partial charge on any atom is -0.461 e. The van der Waals surface area contributed by atoms with Crippen LogP contribution >= 0.6 is 0 Å². The predicted octanol–water partition coefficient (Wildman–Crippen LogP) is 2.71. The number of carbonyl (C=O) groups is 2. The molecule has 2 aromatic heterocycles. The number of para-hydroxylation sites is 1. The van der Waals surface area contributed by atoms with E-state index in [9.17, 15) is 9.59 Å². The molecule has 4 rings (SSSR count). The molecule has 0 saturated heterocycles. The van der Waals surface area contributed by atoms with Crippen molar-refractivity contribution in [3.05, 3.63) is 90.4 Å². The van der Waals surface area contributed by atoms with E-state index in [1.54, 1.807) is 4.68 Å². The molecule has 198 valence electrons. The molecule has 1 unspecified atom stereocenters. The highest BCUT2D eigenvalue weighted by molar-refractivity contribution is 5.82. The van der Waals surface area contributed by atoms with Gasteiger partial charge in [-0.05, 0) is 37.0 Å². The van der Waals surface area contributed by atoms with E-state index in [-0.39, 0.29) is 31.3 Å². The molecular formula is C29H35N6O3+. The van der Waals surface area contributed by atoms with Gasteiger partial charge >= 0.3 is 5.97 Å². The van der Waals surface area contributed by atoms with Crippen LogP contribution in [0, 0.1) is 0 Å². The summed E-state index contributed by atoms with van der Waals surface area (Å²) in [6.45, 7) is 2.24. The number of pyridine rings is 1. The first-order valence-electron chi connectivity index (χ1n) is 13.1. The lowest BCUT2D eigenvalue weighted by molar-refractivity contribution is -0.671. The fourth-order valence-electron chi connectivity index (χ4n) is 4.21. The number of hydrogen-bond acceptors (Lipinski definition) is 6. The van der Waals surface area contributed by atoms with Gasteiger partial charge in [-0.25, -0.2) is 0 Å². The molecule has 0 spiro atoms. The number of nitrogens with one attached hydrogen (secondary N) is 1. The molecule has 0 aliphatic rings. The third-order valence-electron chi connectivity index (χ3n) is 6.31. The second kappa shape index (κ2) is 14.0. The van der Waals surface area contributed by atoms with Crippen LogP contribution in [-0.2, 0) is 40.4 Å². The number of amides is 1. The number of nitrogens with two attached hydrogens (primary N) is 1. The smallest absolute Gasteiger partial charge is 0.306 e. The Balaban J connectivity index is 1.09. The zero-order valence-electron chi connectivity index (χ0n) is 21.5. The summed E-state index contributed by atoms with van der Waals surface area (Å²) < 4.78 is 9.29. The summed E-state index contributed by atoms with van der Waals surface area (Å²) in [7, 11) is 0. The van der Waals surface area contributed by atoms with E-state index in [4.69, 9.17) is 10.5 Å². The number of hydrogen-bond donors (Lipinski definition) is 2. The van der Waals surface area contributed by atoms with Crippen LogP contribution < -0.4 is 15.6 Å². The quantitative estimate of drug-likeness (QED) is 0.152. The fraction of sp³-hybridized carbons (Fsp3) is 0.345. The number of aromatic nitrogens is 4. The molecule has 0 aliphatic heterocycles. The Morgan fingerprint density at radius 3 is 2.68 bits per heavy atom. The van der Waals surface area contributed by atoms with Crippen LogP contribution in [-0.4, -0.2) is 39.5 Å². The molecular weight excluding hydrogens is 480 g/mol. The molecule has 9 heteroatoms. The molecule has 1 atom stereocenters. The van der Waals surface area contributed by atoms with Gasteiger partial charge in [-0.2, -0.15) is 4.57 Å². The summed E-state index contributed by atoms with van der Waals surface area (Å²) in [6.07, 6.45) is 6.91. The van der Waals surface area contributed by atoms with Crippen LogP contribution in [0.1, 0.15) is 36.9 Å². The Labute approximate surface area is 222 Å². The first-order chi connectivity index (χ1) is 18.6. The molecule has 2 aromatic carbocycles. The Hall–Kier alpha value is -4.11. The van der Waals surface area contributed by atoms with E-state index in [1.165, 1.54) is 10.9 Å². The number of fused-ring (bicyclic) bond motifs is 1. The van der Waals surface area contributed by atoms with Crippen molar-refractivity contribution < 1.29 is 18.9 Å². The van der Waals surface area contributed by atoms with Gasteiger partial charge in [0.25, 0.3) is 0 Å². The molecule has 0 fully saturated rings. The minimum atomic E-state index is -0.753. The molecule has 2 heterocycles. The van der Waals surface area contributed by atoms with Crippen molar-refractivity contribution in [2.24, 2.45) is 5.73 Å². The van der Waals surface area contributed by atoms with Gasteiger partial charge in [0.2, 0.25) is 11.4 Å². The molecule has 4 aromatic rings. The Kier molecular flexibility index (Phi) is 9.92. The van der Waals surface area contributed by atoms with Gasteiger partial charge < -0.3 is 15.8 Å². The average Bonchev–Trinajstić information content (AvgIpc) is 3.41. The maximum Gasteiger partial charge on any atom is 0.306 e. The van der Waals surface area contributed by atoms with Crippen LogP contribution in [0.15, 0.2) is 79.1 Å². The van der Waals surface area contributed by atoms with Crippen LogP contribution in [0.25, 0.3) is 10.9 Å². The fourth-order valence-corrected chi connectivity index (χ4v) is 4.21. The largest absolute Gasteiger partial charge is 0.461 e. The molecule has 38 heavy (non-hydrogen) atoms. The number of carbonyl (C=O) groups excluding carboxylic acids is 2. The summed E-state index contributed by atoms with van der Waals surface area (Å²) in [5, 5.41) is 12.5. The first kappa shape index (κ1) is 26.9. The third-order valence-corrected chi connectivity index (χ3v) is 6.31. The highest BCUT2D eigenvalue weighted by atomic mass is 16.5. The molecule has 0 bridgehead atoms. The van der Waals surface area contributed by atoms with Crippen molar-refractivity contribution in [1.29, 1.82) is 0 Å². The summed E-state index contributed by atoms with van der Waals surface area (Å²) >= 11 is 0. The number of aryl methyl sites for hydroxylation is 3. The Morgan fingerprint density at radius 2 is 1.82 bits per heavy atom. The summed E-state index contributed by atoms with van der Waals surface area (Å²) in [5.41, 5.74) is 9.04. The second-order valence-corrected chi connectivity index (χ2v) is 9.27. The molecule has 0 saturated carbocycles. The van der Waals surface area contributed by atoms with Crippen molar-refractivity contribution in [2.75, 3.05) is 6.54 Å². The van der Waals surface area contributed by atoms with E-state index < -0.39 is 6.04 Å². The van der Waals surface area contributed by atoms with Crippen molar-refractivity contribution in [3.8, 4) is 0 Å². The minimum absolute atomic E-state index is 0.0994. The lowest BCUT2D eigenvalue weighted by Crippen LogP contribution is -2.41. The molecule has 0 aliphatic carbocycles. The number of ether oxygens (including phenoxy) is 1. The highest BCUT2D eigenvalue weighted by Crippen LogP contribution is 2.09. The zero-order valence-corrected chi connectivity index (χ0v) is 21.5. The van der Waals surface area contributed by atoms with Gasteiger partial charge in [-0.1, -0.05) is 47.7 Å². The monoisotopic (exact) mass is 515 g/mol. The van der Waals surface area contributed by atoms with E-state index in [0.29, 0.717) is 19.5 Å². The molecule has 3 N–H and O–H groups in total. The number of esters is 1. The van der Waals surface area contributed by atoms with Gasteiger partial charge in [0.15, 0.2) is 6.20 Å². The lowest BCUT2D eigenvalue weighted by Gasteiger charge is -2.12. The third kappa shape index (κ3) is 8.21. The normalized spacial score (nSPS) is 11.8. The van der Waals surface area contributed by atoms with Gasteiger partial charge in [0.1, 0.15) is 13.2 Å². The van der Waals surface area contributed by atoms with Crippen LogP contribution in [0.2, 0.25) is 0 Å². The lowest BCUT2D eigenvalue weighted by atomic mass is 10.1. The molecule has 1 amide bonds. The molecule has 0 radical (unpaired) electrons. The number of nitrogens with zero attached hydrogens (tertiary/aromatic N) is 4. The van der Waals surface area contributed by atoms with Crippen LogP contribution in [0.5, 0.6) is 0 Å². The second-order valence-electron chi connectivity index (χ2n) is 9.27. The summed E-state index contributed by atoms with van der Waals surface area (Å²) in [5.74, 6) is -0.638.